The zero-order chi connectivity index (χ0) is 19.2. The number of ether oxygens (including phenoxy) is 1. The van der Waals surface area contributed by atoms with E-state index in [1.807, 2.05) is 31.2 Å². The van der Waals surface area contributed by atoms with Gasteiger partial charge in [-0.25, -0.2) is 14.3 Å². The van der Waals surface area contributed by atoms with Crippen molar-refractivity contribution in [3.05, 3.63) is 53.6 Å². The fraction of sp³-hybridized carbons (Fsp3) is 0.316. The second kappa shape index (κ2) is 8.39. The topological polar surface area (TPSA) is 98.5 Å². The van der Waals surface area contributed by atoms with Crippen molar-refractivity contribution in [3.8, 4) is 0 Å². The van der Waals surface area contributed by atoms with Crippen LogP contribution in [0.25, 0.3) is 5.78 Å². The van der Waals surface area contributed by atoms with Gasteiger partial charge < -0.3 is 10.1 Å². The molecule has 27 heavy (non-hydrogen) atoms. The van der Waals surface area contributed by atoms with E-state index in [0.717, 1.165) is 25.0 Å². The fourth-order valence-electron chi connectivity index (χ4n) is 2.52. The van der Waals surface area contributed by atoms with Gasteiger partial charge in [-0.3, -0.25) is 4.79 Å². The third-order valence-corrected chi connectivity index (χ3v) is 4.00. The average molecular weight is 367 g/mol. The number of nitrogens with zero attached hydrogens (tertiary/aromatic N) is 4. The summed E-state index contributed by atoms with van der Waals surface area (Å²) < 4.78 is 6.43. The molecule has 2 aromatic heterocycles. The van der Waals surface area contributed by atoms with Gasteiger partial charge in [0.25, 0.3) is 17.5 Å². The monoisotopic (exact) mass is 367 g/mol. The molecule has 0 atom stereocenters. The number of aromatic nitrogens is 4. The zero-order valence-electron chi connectivity index (χ0n) is 15.3. The molecule has 8 nitrogen and oxygen atoms in total. The van der Waals surface area contributed by atoms with Gasteiger partial charge in [-0.1, -0.05) is 25.5 Å². The molecule has 0 aliphatic heterocycles. The number of carbonyl (C=O) groups excluding carboxylic acids is 2. The van der Waals surface area contributed by atoms with Crippen molar-refractivity contribution in [2.75, 3.05) is 11.9 Å². The second-order valence-electron chi connectivity index (χ2n) is 6.16. The Morgan fingerprint density at radius 3 is 2.67 bits per heavy atom. The van der Waals surface area contributed by atoms with Crippen LogP contribution in [0.1, 0.15) is 41.6 Å². The summed E-state index contributed by atoms with van der Waals surface area (Å²) in [4.78, 5) is 32.1. The molecule has 3 rings (SSSR count). The van der Waals surface area contributed by atoms with Crippen LogP contribution in [0, 0.1) is 6.92 Å². The first-order valence-electron chi connectivity index (χ1n) is 8.81. The molecule has 0 radical (unpaired) electrons. The van der Waals surface area contributed by atoms with Gasteiger partial charge >= 0.3 is 5.97 Å². The Kier molecular flexibility index (Phi) is 5.75. The van der Waals surface area contributed by atoms with Crippen LogP contribution in [0.5, 0.6) is 0 Å². The summed E-state index contributed by atoms with van der Waals surface area (Å²) in [5.74, 6) is -1.04. The largest absolute Gasteiger partial charge is 0.450 e. The van der Waals surface area contributed by atoms with E-state index < -0.39 is 18.5 Å². The second-order valence-corrected chi connectivity index (χ2v) is 6.16. The van der Waals surface area contributed by atoms with Crippen LogP contribution >= 0.6 is 0 Å². The van der Waals surface area contributed by atoms with E-state index in [9.17, 15) is 9.59 Å². The molecule has 0 spiro atoms. The maximum atomic E-state index is 12.1. The molecule has 140 valence electrons. The number of anilines is 1. The van der Waals surface area contributed by atoms with Crippen molar-refractivity contribution in [2.24, 2.45) is 0 Å². The van der Waals surface area contributed by atoms with E-state index in [4.69, 9.17) is 4.74 Å². The highest BCUT2D eigenvalue weighted by Crippen LogP contribution is 2.12. The highest BCUT2D eigenvalue weighted by molar-refractivity contribution is 5.94. The van der Waals surface area contributed by atoms with Gasteiger partial charge in [0.15, 0.2) is 6.61 Å². The summed E-state index contributed by atoms with van der Waals surface area (Å²) in [5.41, 5.74) is 2.66. The summed E-state index contributed by atoms with van der Waals surface area (Å²) in [6.45, 7) is 3.55. The smallest absolute Gasteiger partial charge is 0.378 e. The van der Waals surface area contributed by atoms with E-state index in [-0.39, 0.29) is 5.82 Å². The van der Waals surface area contributed by atoms with E-state index in [2.05, 4.69) is 27.3 Å². The Hall–Kier alpha value is -3.29. The van der Waals surface area contributed by atoms with Gasteiger partial charge in [0.2, 0.25) is 0 Å². The number of carbonyl (C=O) groups is 2. The van der Waals surface area contributed by atoms with Crippen molar-refractivity contribution in [3.63, 3.8) is 0 Å². The lowest BCUT2D eigenvalue weighted by Crippen LogP contribution is -2.21. The summed E-state index contributed by atoms with van der Waals surface area (Å²) in [6, 6.07) is 9.38. The first kappa shape index (κ1) is 18.5. The highest BCUT2D eigenvalue weighted by Gasteiger charge is 2.17. The van der Waals surface area contributed by atoms with Crippen LogP contribution < -0.4 is 5.32 Å². The molecule has 0 saturated carbocycles. The predicted molar refractivity (Wildman–Crippen MR) is 99.5 cm³/mol. The van der Waals surface area contributed by atoms with Gasteiger partial charge in [-0.05, 0) is 43.5 Å². The maximum absolute atomic E-state index is 12.1. The Balaban J connectivity index is 1.53. The molecule has 0 unspecified atom stereocenters. The quantitative estimate of drug-likeness (QED) is 0.645. The Labute approximate surface area is 156 Å². The van der Waals surface area contributed by atoms with Crippen molar-refractivity contribution in [2.45, 2.75) is 33.1 Å². The Bertz CT molecular complexity index is 950. The van der Waals surface area contributed by atoms with Crippen molar-refractivity contribution >= 4 is 23.3 Å². The molecule has 0 saturated heterocycles. The van der Waals surface area contributed by atoms with Crippen LogP contribution in [-0.2, 0) is 16.0 Å². The van der Waals surface area contributed by atoms with Gasteiger partial charge in [0.05, 0.1) is 0 Å². The number of esters is 1. The Morgan fingerprint density at radius 1 is 1.19 bits per heavy atom. The molecule has 1 aromatic carbocycles. The van der Waals surface area contributed by atoms with Crippen LogP contribution in [0.4, 0.5) is 5.69 Å². The van der Waals surface area contributed by atoms with Crippen LogP contribution in [-0.4, -0.2) is 38.1 Å². The first-order valence-corrected chi connectivity index (χ1v) is 8.81. The van der Waals surface area contributed by atoms with Crippen LogP contribution in [0.15, 0.2) is 36.5 Å². The minimum Gasteiger partial charge on any atom is -0.450 e. The van der Waals surface area contributed by atoms with Crippen LogP contribution in [0.3, 0.4) is 0 Å². The molecule has 0 bridgehead atoms. The number of unbranched alkanes of at least 4 members (excludes halogenated alkanes) is 1. The van der Waals surface area contributed by atoms with E-state index >= 15 is 0 Å². The van der Waals surface area contributed by atoms with Gasteiger partial charge in [0.1, 0.15) is 0 Å². The number of fused-ring (bicyclic) bond motifs is 1. The third-order valence-electron chi connectivity index (χ3n) is 4.00. The molecular formula is C19H21N5O3. The number of rotatable bonds is 7. The summed E-state index contributed by atoms with van der Waals surface area (Å²) in [7, 11) is 0. The number of hydrogen-bond acceptors (Lipinski definition) is 6. The standard InChI is InChI=1S/C19H21N5O3/c1-3-4-5-14-6-8-15(9-7-14)21-16(25)12-27-18(26)17-22-19-20-11-10-13(2)24(19)23-17/h6-11H,3-5,12H2,1-2H3,(H,21,25). The molecular weight excluding hydrogens is 346 g/mol. The highest BCUT2D eigenvalue weighted by atomic mass is 16.5. The number of hydrogen-bond donors (Lipinski definition) is 1. The van der Waals surface area contributed by atoms with Crippen molar-refractivity contribution in [1.82, 2.24) is 19.6 Å². The van der Waals surface area contributed by atoms with E-state index in [1.165, 1.54) is 10.1 Å². The maximum Gasteiger partial charge on any atom is 0.378 e. The van der Waals surface area contributed by atoms with Gasteiger partial charge in [0, 0.05) is 17.6 Å². The number of amides is 1. The van der Waals surface area contributed by atoms with Gasteiger partial charge in [-0.15, -0.1) is 5.10 Å². The predicted octanol–water partition coefficient (Wildman–Crippen LogP) is 2.57. The summed E-state index contributed by atoms with van der Waals surface area (Å²) >= 11 is 0. The molecule has 1 N–H and O–H groups in total. The molecule has 1 amide bonds. The SMILES string of the molecule is CCCCc1ccc(NC(=O)COC(=O)c2nc3nccc(C)n3n2)cc1. The fourth-order valence-corrected chi connectivity index (χ4v) is 2.52. The molecule has 0 aliphatic rings. The minimum absolute atomic E-state index is 0.134. The number of aryl methyl sites for hydroxylation is 2. The molecule has 0 fully saturated rings. The lowest BCUT2D eigenvalue weighted by molar-refractivity contribution is -0.119. The van der Waals surface area contributed by atoms with Crippen molar-refractivity contribution in [1.29, 1.82) is 0 Å². The summed E-state index contributed by atoms with van der Waals surface area (Å²) in [5, 5.41) is 6.74. The normalized spacial score (nSPS) is 10.7. The number of nitrogens with one attached hydrogen (secondary N) is 1. The molecule has 8 heteroatoms. The minimum atomic E-state index is -0.773. The van der Waals surface area contributed by atoms with Gasteiger partial charge in [-0.2, -0.15) is 4.98 Å². The Morgan fingerprint density at radius 2 is 1.96 bits per heavy atom. The first-order chi connectivity index (χ1) is 13.1. The van der Waals surface area contributed by atoms with Crippen LogP contribution in [0.2, 0.25) is 0 Å². The lowest BCUT2D eigenvalue weighted by atomic mass is 10.1. The molecule has 3 aromatic rings. The van der Waals surface area contributed by atoms with Crippen molar-refractivity contribution < 1.29 is 14.3 Å². The van der Waals surface area contributed by atoms with E-state index in [0.29, 0.717) is 11.5 Å². The summed E-state index contributed by atoms with van der Waals surface area (Å²) in [6.07, 6.45) is 4.87. The zero-order valence-corrected chi connectivity index (χ0v) is 15.3. The van der Waals surface area contributed by atoms with E-state index in [1.54, 1.807) is 12.3 Å². The molecule has 0 aliphatic carbocycles. The molecule has 2 heterocycles. The average Bonchev–Trinajstić information content (AvgIpc) is 3.11. The lowest BCUT2D eigenvalue weighted by Gasteiger charge is -2.06. The number of benzene rings is 1. The third kappa shape index (κ3) is 4.66.